The molecule has 6 atom stereocenters. The van der Waals surface area contributed by atoms with Crippen LogP contribution in [0.15, 0.2) is 89.4 Å². The van der Waals surface area contributed by atoms with Crippen molar-refractivity contribution in [2.45, 2.75) is 56.3 Å². The second kappa shape index (κ2) is 12.7. The first-order chi connectivity index (χ1) is 17.7. The Morgan fingerprint density at radius 2 is 1.53 bits per heavy atom. The summed E-state index contributed by atoms with van der Waals surface area (Å²) in [6.07, 6.45) is -1.68. The standard InChI is InChI=1S/C29H31BrO5S/c1-2-36-29-27(32-17-20-10-5-3-6-11-20)26(31-18-21-12-9-15-23(30)16-21)25-24(34-29)19-33-28(35-25)22-13-7-4-8-14-22/h3-16,24-29H,2,17-19H2,1H3/t24-,25-,26+,27-,28-,29+/m1/s1. The minimum atomic E-state index is -0.474. The summed E-state index contributed by atoms with van der Waals surface area (Å²) < 4.78 is 33.4. The molecule has 0 aliphatic carbocycles. The Balaban J connectivity index is 1.40. The highest BCUT2D eigenvalue weighted by molar-refractivity contribution is 9.10. The molecular formula is C29H31BrO5S. The van der Waals surface area contributed by atoms with Gasteiger partial charge in [0.15, 0.2) is 6.29 Å². The fraction of sp³-hybridized carbons (Fsp3) is 0.379. The highest BCUT2D eigenvalue weighted by atomic mass is 79.9. The molecule has 0 radical (unpaired) electrons. The monoisotopic (exact) mass is 570 g/mol. The zero-order valence-electron chi connectivity index (χ0n) is 20.2. The molecule has 2 aliphatic rings. The number of hydrogen-bond acceptors (Lipinski definition) is 6. The first kappa shape index (κ1) is 25.9. The van der Waals surface area contributed by atoms with Crippen LogP contribution in [0.25, 0.3) is 0 Å². The molecule has 2 saturated heterocycles. The third-order valence-electron chi connectivity index (χ3n) is 6.30. The molecule has 0 saturated carbocycles. The summed E-state index contributed by atoms with van der Waals surface area (Å²) in [5.74, 6) is 0.903. The zero-order chi connectivity index (χ0) is 24.7. The van der Waals surface area contributed by atoms with Crippen LogP contribution in [0.2, 0.25) is 0 Å². The molecular weight excluding hydrogens is 540 g/mol. The van der Waals surface area contributed by atoms with Crippen molar-refractivity contribution in [3.05, 3.63) is 106 Å². The number of halogens is 1. The third kappa shape index (κ3) is 6.40. The fourth-order valence-corrected chi connectivity index (χ4v) is 6.00. The zero-order valence-corrected chi connectivity index (χ0v) is 22.6. The van der Waals surface area contributed by atoms with Crippen molar-refractivity contribution >= 4 is 27.7 Å². The number of benzene rings is 3. The van der Waals surface area contributed by atoms with Gasteiger partial charge >= 0.3 is 0 Å². The van der Waals surface area contributed by atoms with E-state index >= 15 is 0 Å². The molecule has 0 spiro atoms. The van der Waals surface area contributed by atoms with Gasteiger partial charge in [0, 0.05) is 10.0 Å². The van der Waals surface area contributed by atoms with E-state index in [4.69, 9.17) is 23.7 Å². The molecule has 5 nitrogen and oxygen atoms in total. The lowest BCUT2D eigenvalue weighted by Crippen LogP contribution is -2.62. The van der Waals surface area contributed by atoms with Gasteiger partial charge in [0.25, 0.3) is 0 Å². The van der Waals surface area contributed by atoms with Crippen LogP contribution < -0.4 is 0 Å². The van der Waals surface area contributed by atoms with Crippen molar-refractivity contribution in [2.24, 2.45) is 0 Å². The topological polar surface area (TPSA) is 46.2 Å². The summed E-state index contributed by atoms with van der Waals surface area (Å²) in [5, 5.41) is 0. The van der Waals surface area contributed by atoms with Crippen LogP contribution >= 0.6 is 27.7 Å². The Bertz CT molecular complexity index is 1090. The number of ether oxygens (including phenoxy) is 5. The predicted octanol–water partition coefficient (Wildman–Crippen LogP) is 6.51. The van der Waals surface area contributed by atoms with Crippen molar-refractivity contribution < 1.29 is 23.7 Å². The molecule has 2 fully saturated rings. The minimum Gasteiger partial charge on any atom is -0.368 e. The highest BCUT2D eigenvalue weighted by Crippen LogP contribution is 2.39. The summed E-state index contributed by atoms with van der Waals surface area (Å²) in [6.45, 7) is 3.49. The third-order valence-corrected chi connectivity index (χ3v) is 7.84. The highest BCUT2D eigenvalue weighted by Gasteiger charge is 2.51. The molecule has 0 unspecified atom stereocenters. The van der Waals surface area contributed by atoms with Gasteiger partial charge in [-0.25, -0.2) is 0 Å². The van der Waals surface area contributed by atoms with E-state index in [1.54, 1.807) is 11.8 Å². The molecule has 3 aromatic rings. The largest absolute Gasteiger partial charge is 0.368 e. The van der Waals surface area contributed by atoms with Gasteiger partial charge in [-0.05, 0) is 29.0 Å². The molecule has 3 aromatic carbocycles. The first-order valence-electron chi connectivity index (χ1n) is 12.3. The molecule has 190 valence electrons. The van der Waals surface area contributed by atoms with E-state index in [9.17, 15) is 0 Å². The van der Waals surface area contributed by atoms with Crippen LogP contribution in [0.4, 0.5) is 0 Å². The summed E-state index contributed by atoms with van der Waals surface area (Å²) in [7, 11) is 0. The Morgan fingerprint density at radius 3 is 2.28 bits per heavy atom. The van der Waals surface area contributed by atoms with Crippen LogP contribution in [0.5, 0.6) is 0 Å². The maximum absolute atomic E-state index is 6.64. The van der Waals surface area contributed by atoms with Gasteiger partial charge in [-0.1, -0.05) is 95.7 Å². The molecule has 0 aromatic heterocycles. The second-order valence-corrected chi connectivity index (χ2v) is 11.1. The van der Waals surface area contributed by atoms with Gasteiger partial charge in [0.1, 0.15) is 29.9 Å². The van der Waals surface area contributed by atoms with Gasteiger partial charge in [-0.15, -0.1) is 11.8 Å². The van der Waals surface area contributed by atoms with Gasteiger partial charge in [-0.3, -0.25) is 0 Å². The lowest BCUT2D eigenvalue weighted by atomic mass is 9.98. The van der Waals surface area contributed by atoms with Gasteiger partial charge < -0.3 is 23.7 Å². The molecule has 0 N–H and O–H groups in total. The lowest BCUT2D eigenvalue weighted by molar-refractivity contribution is -0.329. The molecule has 7 heteroatoms. The predicted molar refractivity (Wildman–Crippen MR) is 145 cm³/mol. The molecule has 0 amide bonds. The van der Waals surface area contributed by atoms with Gasteiger partial charge in [0.05, 0.1) is 19.8 Å². The van der Waals surface area contributed by atoms with Crippen LogP contribution in [0.3, 0.4) is 0 Å². The SMILES string of the molecule is CCS[C@@H]1O[C@@H]2CO[C@@H](c3ccccc3)O[C@H]2[C@H](OCc2cccc(Br)c2)[C@H]1OCc1ccccc1. The van der Waals surface area contributed by atoms with Crippen LogP contribution in [0.1, 0.15) is 29.9 Å². The van der Waals surface area contributed by atoms with E-state index in [1.807, 2.05) is 60.7 Å². The van der Waals surface area contributed by atoms with Crippen molar-refractivity contribution in [3.63, 3.8) is 0 Å². The number of hydrogen-bond donors (Lipinski definition) is 0. The van der Waals surface area contributed by atoms with E-state index in [0.29, 0.717) is 19.8 Å². The maximum atomic E-state index is 6.64. The maximum Gasteiger partial charge on any atom is 0.184 e. The van der Waals surface area contributed by atoms with Crippen LogP contribution in [0, 0.1) is 0 Å². The lowest BCUT2D eigenvalue weighted by Gasteiger charge is -2.49. The van der Waals surface area contributed by atoms with Crippen molar-refractivity contribution in [1.82, 2.24) is 0 Å². The normalized spacial score (nSPS) is 27.9. The smallest absolute Gasteiger partial charge is 0.184 e. The quantitative estimate of drug-likeness (QED) is 0.292. The summed E-state index contributed by atoms with van der Waals surface area (Å²) >= 11 is 5.30. The Morgan fingerprint density at radius 1 is 0.833 bits per heavy atom. The number of rotatable bonds is 9. The van der Waals surface area contributed by atoms with Crippen molar-refractivity contribution in [1.29, 1.82) is 0 Å². The number of fused-ring (bicyclic) bond motifs is 1. The van der Waals surface area contributed by atoms with E-state index in [0.717, 1.165) is 26.9 Å². The molecule has 36 heavy (non-hydrogen) atoms. The number of thioether (sulfide) groups is 1. The average molecular weight is 572 g/mol. The molecule has 2 aliphatic heterocycles. The molecule has 2 heterocycles. The molecule has 0 bridgehead atoms. The fourth-order valence-electron chi connectivity index (χ4n) is 4.58. The van der Waals surface area contributed by atoms with Crippen LogP contribution in [-0.2, 0) is 36.9 Å². The Hall–Kier alpha value is -1.71. The van der Waals surface area contributed by atoms with Gasteiger partial charge in [-0.2, -0.15) is 0 Å². The second-order valence-electron chi connectivity index (χ2n) is 8.84. The van der Waals surface area contributed by atoms with Crippen LogP contribution in [-0.4, -0.2) is 42.2 Å². The first-order valence-corrected chi connectivity index (χ1v) is 14.2. The Kier molecular flexibility index (Phi) is 9.14. The van der Waals surface area contributed by atoms with E-state index in [1.165, 1.54) is 0 Å². The van der Waals surface area contributed by atoms with Crippen molar-refractivity contribution in [2.75, 3.05) is 12.4 Å². The van der Waals surface area contributed by atoms with Crippen molar-refractivity contribution in [3.8, 4) is 0 Å². The van der Waals surface area contributed by atoms with E-state index < -0.39 is 6.29 Å². The van der Waals surface area contributed by atoms with E-state index in [2.05, 4.69) is 47.1 Å². The summed E-state index contributed by atoms with van der Waals surface area (Å²) in [6, 6.07) is 28.4. The Labute approximate surface area is 225 Å². The molecule has 5 rings (SSSR count). The minimum absolute atomic E-state index is 0.187. The van der Waals surface area contributed by atoms with Gasteiger partial charge in [0.2, 0.25) is 0 Å². The van der Waals surface area contributed by atoms with E-state index in [-0.39, 0.29) is 29.9 Å². The average Bonchev–Trinajstić information content (AvgIpc) is 2.92. The summed E-state index contributed by atoms with van der Waals surface area (Å²) in [5.41, 5.74) is 2.99. The summed E-state index contributed by atoms with van der Waals surface area (Å²) in [4.78, 5) is 0.